The monoisotopic (exact) mass is 338 g/mol. The van der Waals surface area contributed by atoms with Crippen LogP contribution in [0.5, 0.6) is 11.8 Å². The van der Waals surface area contributed by atoms with Crippen molar-refractivity contribution < 1.29 is 4.74 Å². The first-order valence-electron chi connectivity index (χ1n) is 7.10. The fraction of sp³-hybridized carbons (Fsp3) is 0. The molecule has 2 heterocycles. The lowest BCUT2D eigenvalue weighted by Gasteiger charge is -2.09. The van der Waals surface area contributed by atoms with E-state index < -0.39 is 0 Å². The van der Waals surface area contributed by atoms with Crippen LogP contribution in [0, 0.1) is 0 Å². The molecule has 0 aliphatic rings. The van der Waals surface area contributed by atoms with Crippen LogP contribution in [-0.4, -0.2) is 30.2 Å². The van der Waals surface area contributed by atoms with Gasteiger partial charge in [-0.05, 0) is 41.6 Å². The molecule has 2 aromatic heterocycles. The van der Waals surface area contributed by atoms with Crippen LogP contribution in [0.25, 0.3) is 17.1 Å². The van der Waals surface area contributed by atoms with Gasteiger partial charge in [0.15, 0.2) is 0 Å². The fourth-order valence-electron chi connectivity index (χ4n) is 2.33. The lowest BCUT2D eigenvalue weighted by molar-refractivity contribution is 0.442. The molecule has 24 heavy (non-hydrogen) atoms. The Morgan fingerprint density at radius 3 is 2.71 bits per heavy atom. The second-order valence-electron chi connectivity index (χ2n) is 4.92. The fourth-order valence-corrected chi connectivity index (χ4v) is 2.52. The summed E-state index contributed by atoms with van der Waals surface area (Å²) < 4.78 is 7.44. The number of tetrazole rings is 1. The number of ether oxygens (including phenoxy) is 1. The first-order valence-corrected chi connectivity index (χ1v) is 7.48. The Kier molecular flexibility index (Phi) is 3.68. The number of aromatic amines is 1. The number of hydrogen-bond donors (Lipinski definition) is 1. The molecule has 0 fully saturated rings. The van der Waals surface area contributed by atoms with Gasteiger partial charge >= 0.3 is 6.01 Å². The van der Waals surface area contributed by atoms with E-state index in [2.05, 4.69) is 25.6 Å². The van der Waals surface area contributed by atoms with Crippen LogP contribution in [0.15, 0.2) is 60.9 Å². The molecule has 0 radical (unpaired) electrons. The number of aromatic nitrogens is 6. The van der Waals surface area contributed by atoms with Gasteiger partial charge < -0.3 is 4.74 Å². The van der Waals surface area contributed by atoms with Crippen LogP contribution in [-0.2, 0) is 0 Å². The zero-order chi connectivity index (χ0) is 16.4. The highest BCUT2D eigenvalue weighted by Gasteiger charge is 2.09. The van der Waals surface area contributed by atoms with Crippen molar-refractivity contribution in [1.82, 2.24) is 30.2 Å². The number of benzene rings is 2. The summed E-state index contributed by atoms with van der Waals surface area (Å²) in [6.07, 6.45) is 3.64. The highest BCUT2D eigenvalue weighted by Crippen LogP contribution is 2.25. The number of H-pyrrole nitrogens is 1. The Labute approximate surface area is 141 Å². The van der Waals surface area contributed by atoms with Gasteiger partial charge in [-0.15, -0.1) is 0 Å². The molecule has 0 bridgehead atoms. The molecule has 4 rings (SSSR count). The quantitative estimate of drug-likeness (QED) is 0.616. The Morgan fingerprint density at radius 1 is 1.08 bits per heavy atom. The number of rotatable bonds is 4. The van der Waals surface area contributed by atoms with Gasteiger partial charge in [0.25, 0.3) is 0 Å². The minimum Gasteiger partial charge on any atom is -0.422 e. The summed E-state index contributed by atoms with van der Waals surface area (Å²) in [7, 11) is 0. The van der Waals surface area contributed by atoms with Crippen LogP contribution < -0.4 is 4.74 Å². The molecule has 0 atom stereocenters. The molecule has 0 spiro atoms. The number of nitrogens with zero attached hydrogens (tertiary/aromatic N) is 5. The molecule has 0 aliphatic heterocycles. The summed E-state index contributed by atoms with van der Waals surface area (Å²) in [5.41, 5.74) is 1.89. The first-order chi connectivity index (χ1) is 11.8. The predicted octanol–water partition coefficient (Wildman–Crippen LogP) is 3.50. The number of hydrogen-bond acceptors (Lipinski definition) is 5. The van der Waals surface area contributed by atoms with Gasteiger partial charge in [0.2, 0.25) is 0 Å². The SMILES string of the molecule is Clc1cccc(-c2nccn2-c2ccc(Oc3nn[nH]n3)cc2)c1. The Hall–Kier alpha value is -3.19. The molecule has 118 valence electrons. The van der Waals surface area contributed by atoms with Crippen molar-refractivity contribution in [3.05, 3.63) is 65.9 Å². The van der Waals surface area contributed by atoms with Crippen molar-refractivity contribution in [3.8, 4) is 28.8 Å². The third kappa shape index (κ3) is 2.84. The van der Waals surface area contributed by atoms with Gasteiger partial charge in [0, 0.05) is 28.7 Å². The Balaban J connectivity index is 1.64. The van der Waals surface area contributed by atoms with Gasteiger partial charge in [-0.1, -0.05) is 33.9 Å². The van der Waals surface area contributed by atoms with Gasteiger partial charge in [-0.3, -0.25) is 4.57 Å². The molecule has 0 aliphatic carbocycles. The smallest absolute Gasteiger partial charge is 0.361 e. The zero-order valence-corrected chi connectivity index (χ0v) is 13.1. The van der Waals surface area contributed by atoms with Crippen molar-refractivity contribution >= 4 is 11.6 Å². The Bertz CT molecular complexity index is 949. The van der Waals surface area contributed by atoms with E-state index in [9.17, 15) is 0 Å². The molecule has 0 saturated carbocycles. The van der Waals surface area contributed by atoms with Crippen molar-refractivity contribution in [1.29, 1.82) is 0 Å². The maximum Gasteiger partial charge on any atom is 0.361 e. The van der Waals surface area contributed by atoms with Crippen LogP contribution >= 0.6 is 11.6 Å². The van der Waals surface area contributed by atoms with Crippen LogP contribution in [0.3, 0.4) is 0 Å². The summed E-state index contributed by atoms with van der Waals surface area (Å²) in [5, 5.41) is 13.9. The number of nitrogens with one attached hydrogen (secondary N) is 1. The maximum absolute atomic E-state index is 6.08. The van der Waals surface area contributed by atoms with E-state index in [1.165, 1.54) is 0 Å². The standard InChI is InChI=1S/C16H11ClN6O/c17-12-3-1-2-11(10-12)15-18-8-9-23(15)13-4-6-14(7-5-13)24-16-19-21-22-20-16/h1-10H,(H,19,20,21,22). The van der Waals surface area contributed by atoms with Gasteiger partial charge in [-0.2, -0.15) is 5.21 Å². The van der Waals surface area contributed by atoms with Gasteiger partial charge in [-0.25, -0.2) is 4.98 Å². The van der Waals surface area contributed by atoms with E-state index in [1.807, 2.05) is 59.3 Å². The van der Waals surface area contributed by atoms with Crippen LogP contribution in [0.2, 0.25) is 5.02 Å². The number of imidazole rings is 1. The van der Waals surface area contributed by atoms with Gasteiger partial charge in [0.1, 0.15) is 11.6 Å². The predicted molar refractivity (Wildman–Crippen MR) is 88.3 cm³/mol. The maximum atomic E-state index is 6.08. The van der Waals surface area contributed by atoms with Crippen molar-refractivity contribution in [2.75, 3.05) is 0 Å². The highest BCUT2D eigenvalue weighted by atomic mass is 35.5. The van der Waals surface area contributed by atoms with E-state index in [0.717, 1.165) is 17.1 Å². The molecule has 4 aromatic rings. The molecule has 7 nitrogen and oxygen atoms in total. The molecule has 8 heteroatoms. The normalized spacial score (nSPS) is 10.7. The largest absolute Gasteiger partial charge is 0.422 e. The van der Waals surface area contributed by atoms with E-state index in [1.54, 1.807) is 6.20 Å². The Morgan fingerprint density at radius 2 is 1.96 bits per heavy atom. The minimum absolute atomic E-state index is 0.171. The van der Waals surface area contributed by atoms with Crippen molar-refractivity contribution in [2.24, 2.45) is 0 Å². The van der Waals surface area contributed by atoms with Crippen LogP contribution in [0.1, 0.15) is 0 Å². The topological polar surface area (TPSA) is 81.5 Å². The third-order valence-corrected chi connectivity index (χ3v) is 3.61. The third-order valence-electron chi connectivity index (χ3n) is 3.37. The van der Waals surface area contributed by atoms with Crippen molar-refractivity contribution in [2.45, 2.75) is 0 Å². The van der Waals surface area contributed by atoms with Gasteiger partial charge in [0.05, 0.1) is 0 Å². The molecule has 1 N–H and O–H groups in total. The van der Waals surface area contributed by atoms with Crippen molar-refractivity contribution in [3.63, 3.8) is 0 Å². The van der Waals surface area contributed by atoms with E-state index in [0.29, 0.717) is 10.8 Å². The summed E-state index contributed by atoms with van der Waals surface area (Å²) in [6, 6.07) is 15.3. The van der Waals surface area contributed by atoms with E-state index in [4.69, 9.17) is 16.3 Å². The second-order valence-corrected chi connectivity index (χ2v) is 5.36. The minimum atomic E-state index is 0.171. The summed E-state index contributed by atoms with van der Waals surface area (Å²) in [5.74, 6) is 1.42. The molecular weight excluding hydrogens is 328 g/mol. The molecular formula is C16H11ClN6O. The molecule has 0 unspecified atom stereocenters. The second kappa shape index (κ2) is 6.13. The lowest BCUT2D eigenvalue weighted by Crippen LogP contribution is -1.96. The highest BCUT2D eigenvalue weighted by molar-refractivity contribution is 6.30. The first kappa shape index (κ1) is 14.4. The average Bonchev–Trinajstić information content (AvgIpc) is 3.27. The summed E-state index contributed by atoms with van der Waals surface area (Å²) in [6.45, 7) is 0. The number of halogens is 1. The van der Waals surface area contributed by atoms with E-state index in [-0.39, 0.29) is 6.01 Å². The zero-order valence-electron chi connectivity index (χ0n) is 12.3. The summed E-state index contributed by atoms with van der Waals surface area (Å²) >= 11 is 6.08. The molecule has 2 aromatic carbocycles. The van der Waals surface area contributed by atoms with E-state index >= 15 is 0 Å². The van der Waals surface area contributed by atoms with Crippen LogP contribution in [0.4, 0.5) is 0 Å². The molecule has 0 amide bonds. The lowest BCUT2D eigenvalue weighted by atomic mass is 10.2. The summed E-state index contributed by atoms with van der Waals surface area (Å²) in [4.78, 5) is 4.43. The molecule has 0 saturated heterocycles. The average molecular weight is 339 g/mol.